The second-order valence-corrected chi connectivity index (χ2v) is 26.4. The highest BCUT2D eigenvalue weighted by Gasteiger charge is 2.17. The van der Waals surface area contributed by atoms with Gasteiger partial charge < -0.3 is 35.2 Å². The van der Waals surface area contributed by atoms with Gasteiger partial charge in [0.25, 0.3) is 0 Å². The van der Waals surface area contributed by atoms with E-state index in [1.165, 1.54) is 149 Å². The summed E-state index contributed by atoms with van der Waals surface area (Å²) in [5.41, 5.74) is 31.7. The highest BCUT2D eigenvalue weighted by atomic mass is 32.1. The molecule has 0 aliphatic rings. The molecule has 0 unspecified atom stereocenters. The van der Waals surface area contributed by atoms with E-state index in [0.717, 1.165) is 0 Å². The Hall–Kier alpha value is -12.0. The maximum atomic E-state index is 2.29. The van der Waals surface area contributed by atoms with Gasteiger partial charge in [0.2, 0.25) is 0 Å². The van der Waals surface area contributed by atoms with Crippen molar-refractivity contribution in [3.05, 3.63) is 373 Å². The summed E-state index contributed by atoms with van der Waals surface area (Å²) in [6, 6.07) is 92.0. The second kappa shape index (κ2) is 27.0. The van der Waals surface area contributed by atoms with E-state index >= 15 is 0 Å². The van der Waals surface area contributed by atoms with E-state index in [1.807, 2.05) is 29.5 Å². The van der Waals surface area contributed by atoms with Crippen LogP contribution in [-0.4, -0.2) is 35.2 Å². The minimum atomic E-state index is 1.23. The highest BCUT2D eigenvalue weighted by molar-refractivity contribution is 7.18. The highest BCUT2D eigenvalue weighted by Crippen LogP contribution is 2.40. The van der Waals surface area contributed by atoms with Crippen LogP contribution in [0, 0.1) is 48.5 Å². The normalized spacial score (nSPS) is 11.4. The number of benzene rings is 2. The monoisotopic (exact) mass is 1290 g/mol. The number of fused-ring (bicyclic) bond motifs is 8. The number of nitrogens with zero attached hydrogens (tertiary/aromatic N) is 8. The van der Waals surface area contributed by atoms with Crippen LogP contribution in [0.1, 0.15) is 50.3 Å². The number of aryl methyl sites for hydroxylation is 7. The fourth-order valence-electron chi connectivity index (χ4n) is 14.0. The molecule has 9 heteroatoms. The van der Waals surface area contributed by atoms with E-state index in [-0.39, 0.29) is 0 Å². The molecule has 8 nitrogen and oxygen atoms in total. The summed E-state index contributed by atoms with van der Waals surface area (Å²) in [6.45, 7) is 15.2. The van der Waals surface area contributed by atoms with E-state index < -0.39 is 0 Å². The number of rotatable bonds is 7. The van der Waals surface area contributed by atoms with Gasteiger partial charge in [-0.05, 0) is 274 Å². The van der Waals surface area contributed by atoms with Crippen molar-refractivity contribution in [1.29, 1.82) is 0 Å². The Bertz CT molecular complexity index is 5700. The third kappa shape index (κ3) is 12.4. The van der Waals surface area contributed by atoms with Crippen molar-refractivity contribution in [3.8, 4) is 54.8 Å². The standard InChI is InChI=1S/C24H20N2.C22H18N2S.C20H18N2.C14H11N.C9H9N/c1-17-15-21-7-3-5-13-25(21)23(17)19-9-11-20(12-10-19)24-18(2)16-22-8-4-6-14-26(22)24;1-15-13-17-7-3-5-11-23(17)21(15)19-9-10-20(25-19)22-16(2)14-18-8-4-6-12-24(18)22;1-15-13-17-7-3-5-11-21(17)19(15)9-10-20-16(2)14-18-8-4-6-12-22(18)20;1-2-6-12(7-3-1)13-10-14-8-4-5-9-15(14)11-13;1-8-6-9-4-2-3-5-10(9)7-8/h3-16H,1-2H3;3-14H,1-2H3;3-14H,1-2H3;1-11H;2-7H,1H3/b;;10-9+;;. The Morgan fingerprint density at radius 1 is 0.235 bits per heavy atom. The second-order valence-electron chi connectivity index (χ2n) is 25.4. The van der Waals surface area contributed by atoms with Crippen LogP contribution in [0.4, 0.5) is 0 Å². The number of hydrogen-bond donors (Lipinski definition) is 0. The van der Waals surface area contributed by atoms with Gasteiger partial charge in [0.1, 0.15) is 0 Å². The van der Waals surface area contributed by atoms with Crippen molar-refractivity contribution in [1.82, 2.24) is 35.2 Å². The number of pyridine rings is 8. The van der Waals surface area contributed by atoms with E-state index in [2.05, 4.69) is 400 Å². The van der Waals surface area contributed by atoms with Crippen molar-refractivity contribution in [3.63, 3.8) is 0 Å². The Balaban J connectivity index is 0.000000103. The summed E-state index contributed by atoms with van der Waals surface area (Å²) in [4.78, 5) is 2.62. The first kappa shape index (κ1) is 62.1. The maximum absolute atomic E-state index is 2.29. The zero-order valence-electron chi connectivity index (χ0n) is 56.2. The zero-order valence-corrected chi connectivity index (χ0v) is 57.1. The van der Waals surface area contributed by atoms with Gasteiger partial charge in [-0.15, -0.1) is 11.3 Å². The minimum absolute atomic E-state index is 1.23. The summed E-state index contributed by atoms with van der Waals surface area (Å²) in [5, 5.41) is 0. The summed E-state index contributed by atoms with van der Waals surface area (Å²) in [5.74, 6) is 0. The average Bonchev–Trinajstić information content (AvgIpc) is 1.63. The molecule has 98 heavy (non-hydrogen) atoms. The van der Waals surface area contributed by atoms with Gasteiger partial charge in [0, 0.05) is 123 Å². The Labute approximate surface area is 575 Å². The Morgan fingerprint density at radius 3 is 0.949 bits per heavy atom. The fraction of sp³-hybridized carbons (Fsp3) is 0.0787. The summed E-state index contributed by atoms with van der Waals surface area (Å²) in [7, 11) is 0. The molecule has 478 valence electrons. The smallest absolute Gasteiger partial charge is 0.0657 e. The van der Waals surface area contributed by atoms with E-state index in [4.69, 9.17) is 0 Å². The number of aromatic nitrogens is 8. The first-order valence-corrected chi connectivity index (χ1v) is 34.2. The van der Waals surface area contributed by atoms with Crippen LogP contribution < -0.4 is 0 Å². The third-order valence-electron chi connectivity index (χ3n) is 18.5. The molecular weight excluding hydrogens is 1210 g/mol. The van der Waals surface area contributed by atoms with Gasteiger partial charge in [-0.25, -0.2) is 0 Å². The lowest BCUT2D eigenvalue weighted by Gasteiger charge is -2.08. The lowest BCUT2D eigenvalue weighted by atomic mass is 10.0. The predicted molar refractivity (Wildman–Crippen MR) is 413 cm³/mol. The average molecular weight is 1290 g/mol. The molecule has 0 atom stereocenters. The third-order valence-corrected chi connectivity index (χ3v) is 19.6. The lowest BCUT2D eigenvalue weighted by Crippen LogP contribution is -1.91. The van der Waals surface area contributed by atoms with Crippen LogP contribution in [0.25, 0.3) is 111 Å². The molecule has 19 aromatic rings. The van der Waals surface area contributed by atoms with Gasteiger partial charge in [-0.2, -0.15) is 0 Å². The van der Waals surface area contributed by atoms with Crippen LogP contribution in [-0.2, 0) is 0 Å². The largest absolute Gasteiger partial charge is 0.324 e. The molecule has 2 aromatic carbocycles. The van der Waals surface area contributed by atoms with Gasteiger partial charge >= 0.3 is 0 Å². The summed E-state index contributed by atoms with van der Waals surface area (Å²) < 4.78 is 17.8. The molecule has 19 rings (SSSR count). The molecule has 0 saturated carbocycles. The van der Waals surface area contributed by atoms with E-state index in [1.54, 1.807) is 0 Å². The molecule has 17 heterocycles. The van der Waals surface area contributed by atoms with Crippen LogP contribution in [0.2, 0.25) is 0 Å². The lowest BCUT2D eigenvalue weighted by molar-refractivity contribution is 1.15. The predicted octanol–water partition coefficient (Wildman–Crippen LogP) is 23.2. The molecule has 0 radical (unpaired) electrons. The molecule has 0 spiro atoms. The first-order valence-electron chi connectivity index (χ1n) is 33.4. The Morgan fingerprint density at radius 2 is 0.551 bits per heavy atom. The summed E-state index contributed by atoms with van der Waals surface area (Å²) >= 11 is 1.86. The van der Waals surface area contributed by atoms with Gasteiger partial charge in [0.05, 0.1) is 32.5 Å². The first-order chi connectivity index (χ1) is 48.0. The van der Waals surface area contributed by atoms with Crippen LogP contribution in [0.15, 0.2) is 323 Å². The van der Waals surface area contributed by atoms with E-state index in [9.17, 15) is 0 Å². The van der Waals surface area contributed by atoms with Crippen LogP contribution in [0.5, 0.6) is 0 Å². The van der Waals surface area contributed by atoms with Crippen molar-refractivity contribution >= 4 is 67.6 Å². The van der Waals surface area contributed by atoms with Gasteiger partial charge in [0.15, 0.2) is 0 Å². The van der Waals surface area contributed by atoms with Gasteiger partial charge in [-0.1, -0.05) is 103 Å². The number of hydrogen-bond acceptors (Lipinski definition) is 1. The molecule has 0 aliphatic heterocycles. The summed E-state index contributed by atoms with van der Waals surface area (Å²) in [6.07, 6.45) is 25.6. The minimum Gasteiger partial charge on any atom is -0.324 e. The molecule has 0 saturated heterocycles. The fourth-order valence-corrected chi connectivity index (χ4v) is 15.2. The number of thiophene rings is 1. The molecule has 0 aliphatic carbocycles. The quantitative estimate of drug-likeness (QED) is 0.152. The van der Waals surface area contributed by atoms with Gasteiger partial charge in [-0.3, -0.25) is 0 Å². The van der Waals surface area contributed by atoms with Crippen molar-refractivity contribution < 1.29 is 0 Å². The van der Waals surface area contributed by atoms with Crippen LogP contribution in [0.3, 0.4) is 0 Å². The molecular formula is C89H76N8S. The topological polar surface area (TPSA) is 35.3 Å². The Kier molecular flexibility index (Phi) is 17.1. The maximum Gasteiger partial charge on any atom is 0.0657 e. The molecule has 0 fully saturated rings. The van der Waals surface area contributed by atoms with Crippen molar-refractivity contribution in [2.45, 2.75) is 48.5 Å². The molecule has 0 N–H and O–H groups in total. The molecule has 17 aromatic heterocycles. The SMILES string of the molecule is Cc1cc2ccccn2c1.Cc1cc2ccccn2c1-c1ccc(-c2c(C)cc3ccccn23)cc1.Cc1cc2ccccn2c1-c1ccc(-c2c(C)cc3ccccn23)s1.Cc1cc2ccccn2c1/C=C/c1c(C)cc2ccccn12.c1ccc(-c2cc3ccccn3c2)cc1. The van der Waals surface area contributed by atoms with Crippen LogP contribution >= 0.6 is 11.3 Å². The van der Waals surface area contributed by atoms with Crippen molar-refractivity contribution in [2.75, 3.05) is 0 Å². The van der Waals surface area contributed by atoms with Crippen molar-refractivity contribution in [2.24, 2.45) is 0 Å². The van der Waals surface area contributed by atoms with E-state index in [0.29, 0.717) is 0 Å². The zero-order chi connectivity index (χ0) is 66.8. The molecule has 0 amide bonds. The molecule has 0 bridgehead atoms.